The summed E-state index contributed by atoms with van der Waals surface area (Å²) in [6.45, 7) is 5.68. The van der Waals surface area contributed by atoms with Gasteiger partial charge in [-0.25, -0.2) is 27.0 Å². The van der Waals surface area contributed by atoms with Crippen LogP contribution in [0.15, 0.2) is 65.7 Å². The molecule has 2 saturated heterocycles. The van der Waals surface area contributed by atoms with Crippen molar-refractivity contribution in [1.82, 2.24) is 19.8 Å². The van der Waals surface area contributed by atoms with Crippen LogP contribution in [0.5, 0.6) is 5.88 Å². The molecule has 2 aromatic carbocycles. The fraction of sp³-hybridized carbons (Fsp3) is 0.406. The number of piperidine rings is 1. The van der Waals surface area contributed by atoms with E-state index in [9.17, 15) is 26.8 Å². The predicted molar refractivity (Wildman–Crippen MR) is 165 cm³/mol. The van der Waals surface area contributed by atoms with Crippen molar-refractivity contribution in [2.24, 2.45) is 0 Å². The summed E-state index contributed by atoms with van der Waals surface area (Å²) in [5, 5.41) is 1.40. The number of hydrogen-bond acceptors (Lipinski definition) is 11. The summed E-state index contributed by atoms with van der Waals surface area (Å²) in [7, 11) is -2.64. The summed E-state index contributed by atoms with van der Waals surface area (Å²) in [4.78, 5) is 42.3. The first-order valence-corrected chi connectivity index (χ1v) is 16.8. The molecule has 2 fully saturated rings. The number of carbonyl (C=O) groups excluding carboxylic acids is 2. The smallest absolute Gasteiger partial charge is 0.478 e. The standard InChI is InChI=1S/C32H35F2N5O7S/c1-3-44-29-24(10-7-13-35-29)32(45-31(41)46-38-18-16-37(17-19-38)22-11-14-36(2)15-12-22)25-20-26(33)27(34)21-28(25)39(30(32)40)47(42,43)23-8-5-4-6-9-23/h4-10,13,20-22H,3,11-12,14-19H2,1-2H3. The van der Waals surface area contributed by atoms with Crippen LogP contribution >= 0.6 is 0 Å². The SMILES string of the molecule is CCOc1ncccc1C1(OC(=O)ON2CCN(C3CCN(C)CC3)CC2)C(=O)N(S(=O)(=O)c2ccccc2)c2cc(F)c(F)cc21. The van der Waals surface area contributed by atoms with Crippen LogP contribution in [0, 0.1) is 11.6 Å². The predicted octanol–water partition coefficient (Wildman–Crippen LogP) is 3.52. The molecule has 3 aliphatic heterocycles. The molecule has 1 amide bonds. The molecule has 3 aliphatic rings. The number of sulfonamides is 1. The van der Waals surface area contributed by atoms with Gasteiger partial charge in [-0.3, -0.25) is 9.69 Å². The van der Waals surface area contributed by atoms with E-state index in [2.05, 4.69) is 21.8 Å². The van der Waals surface area contributed by atoms with Crippen molar-refractivity contribution in [2.75, 3.05) is 57.2 Å². The zero-order chi connectivity index (χ0) is 33.3. The average Bonchev–Trinajstić information content (AvgIpc) is 3.30. The molecule has 250 valence electrons. The van der Waals surface area contributed by atoms with E-state index in [0.717, 1.165) is 25.9 Å². The van der Waals surface area contributed by atoms with Crippen LogP contribution in [0.1, 0.15) is 30.9 Å². The normalized spacial score (nSPS) is 21.4. The molecule has 1 aromatic heterocycles. The molecule has 3 aromatic rings. The number of likely N-dealkylation sites (tertiary alicyclic amines) is 1. The molecule has 0 bridgehead atoms. The molecule has 0 radical (unpaired) electrons. The second kappa shape index (κ2) is 13.1. The van der Waals surface area contributed by atoms with Crippen molar-refractivity contribution in [1.29, 1.82) is 0 Å². The highest BCUT2D eigenvalue weighted by Crippen LogP contribution is 2.51. The Balaban J connectivity index is 1.37. The van der Waals surface area contributed by atoms with E-state index in [4.69, 9.17) is 14.3 Å². The van der Waals surface area contributed by atoms with Crippen LogP contribution in [0.25, 0.3) is 0 Å². The highest BCUT2D eigenvalue weighted by Gasteiger charge is 2.61. The maximum atomic E-state index is 15.0. The van der Waals surface area contributed by atoms with Crippen molar-refractivity contribution in [3.05, 3.63) is 83.6 Å². The molecule has 47 heavy (non-hydrogen) atoms. The number of benzene rings is 2. The van der Waals surface area contributed by atoms with E-state index in [1.54, 1.807) is 13.0 Å². The van der Waals surface area contributed by atoms with E-state index in [1.165, 1.54) is 47.7 Å². The number of aromatic nitrogens is 1. The molecule has 1 unspecified atom stereocenters. The van der Waals surface area contributed by atoms with Gasteiger partial charge in [-0.15, -0.1) is 5.06 Å². The Morgan fingerprint density at radius 1 is 0.957 bits per heavy atom. The third-order valence-electron chi connectivity index (χ3n) is 8.75. The number of hydrogen-bond donors (Lipinski definition) is 0. The number of nitrogens with zero attached hydrogens (tertiary/aromatic N) is 5. The van der Waals surface area contributed by atoms with Crippen molar-refractivity contribution in [3.63, 3.8) is 0 Å². The second-order valence-electron chi connectivity index (χ2n) is 11.6. The van der Waals surface area contributed by atoms with E-state index < -0.39 is 50.6 Å². The van der Waals surface area contributed by atoms with Gasteiger partial charge in [0, 0.05) is 50.0 Å². The number of anilines is 1. The number of fused-ring (bicyclic) bond motifs is 1. The molecule has 4 heterocycles. The van der Waals surface area contributed by atoms with Gasteiger partial charge in [-0.2, -0.15) is 4.31 Å². The Hall–Kier alpha value is -4.18. The van der Waals surface area contributed by atoms with Gasteiger partial charge < -0.3 is 19.2 Å². The summed E-state index contributed by atoms with van der Waals surface area (Å²) < 4.78 is 69.5. The van der Waals surface area contributed by atoms with Crippen LogP contribution in [0.2, 0.25) is 0 Å². The van der Waals surface area contributed by atoms with Crippen molar-refractivity contribution >= 4 is 27.8 Å². The minimum Gasteiger partial charge on any atom is -0.478 e. The average molecular weight is 672 g/mol. The van der Waals surface area contributed by atoms with Gasteiger partial charge in [0.05, 0.1) is 22.8 Å². The van der Waals surface area contributed by atoms with E-state index in [-0.39, 0.29) is 22.9 Å². The Morgan fingerprint density at radius 3 is 2.32 bits per heavy atom. The number of halogens is 2. The quantitative estimate of drug-likeness (QED) is 0.327. The number of amides is 1. The van der Waals surface area contributed by atoms with Crippen LogP contribution in [-0.2, 0) is 30.0 Å². The summed E-state index contributed by atoms with van der Waals surface area (Å²) in [5.41, 5.74) is -3.87. The molecular formula is C32H35F2N5O7S. The third-order valence-corrected chi connectivity index (χ3v) is 10.5. The van der Waals surface area contributed by atoms with Crippen molar-refractivity contribution in [2.45, 2.75) is 36.3 Å². The molecule has 6 rings (SSSR count). The third kappa shape index (κ3) is 6.04. The topological polar surface area (TPSA) is 122 Å². The lowest BCUT2D eigenvalue weighted by atomic mass is 9.87. The van der Waals surface area contributed by atoms with Crippen LogP contribution in [-0.4, -0.2) is 99.3 Å². The van der Waals surface area contributed by atoms with E-state index in [0.29, 0.717) is 48.7 Å². The van der Waals surface area contributed by atoms with Crippen LogP contribution < -0.4 is 9.04 Å². The minimum absolute atomic E-state index is 0.0664. The first-order valence-electron chi connectivity index (χ1n) is 15.4. The number of pyridine rings is 1. The summed E-state index contributed by atoms with van der Waals surface area (Å²) in [5.74, 6) is -4.33. The lowest BCUT2D eigenvalue weighted by Crippen LogP contribution is -2.53. The molecular weight excluding hydrogens is 636 g/mol. The monoisotopic (exact) mass is 671 g/mol. The van der Waals surface area contributed by atoms with Crippen LogP contribution in [0.3, 0.4) is 0 Å². The number of carbonyl (C=O) groups is 2. The van der Waals surface area contributed by atoms with E-state index >= 15 is 0 Å². The highest BCUT2D eigenvalue weighted by molar-refractivity contribution is 7.93. The maximum absolute atomic E-state index is 15.0. The molecule has 0 N–H and O–H groups in total. The summed E-state index contributed by atoms with van der Waals surface area (Å²) in [6, 6.07) is 11.4. The van der Waals surface area contributed by atoms with Gasteiger partial charge in [-0.1, -0.05) is 18.2 Å². The molecule has 0 aliphatic carbocycles. The molecule has 0 spiro atoms. The Bertz CT molecular complexity index is 1750. The Morgan fingerprint density at radius 2 is 1.64 bits per heavy atom. The number of hydroxylamine groups is 2. The van der Waals surface area contributed by atoms with Crippen molar-refractivity contribution < 1.29 is 41.1 Å². The Kier molecular flexibility index (Phi) is 9.16. The largest absolute Gasteiger partial charge is 0.529 e. The fourth-order valence-corrected chi connectivity index (χ4v) is 7.85. The summed E-state index contributed by atoms with van der Waals surface area (Å²) >= 11 is 0. The first kappa shape index (κ1) is 32.7. The fourth-order valence-electron chi connectivity index (χ4n) is 6.38. The van der Waals surface area contributed by atoms with Crippen LogP contribution in [0.4, 0.5) is 19.3 Å². The van der Waals surface area contributed by atoms with Crippen molar-refractivity contribution in [3.8, 4) is 5.88 Å². The zero-order valence-corrected chi connectivity index (χ0v) is 26.8. The highest BCUT2D eigenvalue weighted by atomic mass is 32.2. The van der Waals surface area contributed by atoms with Gasteiger partial charge in [0.25, 0.3) is 21.5 Å². The number of ether oxygens (including phenoxy) is 2. The van der Waals surface area contributed by atoms with Gasteiger partial charge in [0.15, 0.2) is 11.6 Å². The zero-order valence-electron chi connectivity index (χ0n) is 26.0. The van der Waals surface area contributed by atoms with E-state index in [1.807, 2.05) is 0 Å². The Labute approximate surface area is 271 Å². The first-order chi connectivity index (χ1) is 22.6. The number of rotatable bonds is 8. The van der Waals surface area contributed by atoms with Gasteiger partial charge in [-0.05, 0) is 70.2 Å². The summed E-state index contributed by atoms with van der Waals surface area (Å²) in [6.07, 6.45) is 2.08. The maximum Gasteiger partial charge on any atom is 0.529 e. The lowest BCUT2D eigenvalue weighted by molar-refractivity contribution is -0.168. The molecule has 0 saturated carbocycles. The van der Waals surface area contributed by atoms with Gasteiger partial charge in [0.1, 0.15) is 0 Å². The number of piperazine rings is 1. The molecule has 15 heteroatoms. The van der Waals surface area contributed by atoms with Gasteiger partial charge in [0.2, 0.25) is 5.88 Å². The molecule has 12 nitrogen and oxygen atoms in total. The lowest BCUT2D eigenvalue weighted by Gasteiger charge is -2.41. The second-order valence-corrected chi connectivity index (χ2v) is 13.4. The molecule has 1 atom stereocenters. The van der Waals surface area contributed by atoms with Gasteiger partial charge >= 0.3 is 6.16 Å². The minimum atomic E-state index is -4.74.